The van der Waals surface area contributed by atoms with Crippen LogP contribution in [0.25, 0.3) is 0 Å². The zero-order chi connectivity index (χ0) is 7.78. The van der Waals surface area contributed by atoms with Gasteiger partial charge >= 0.3 is 0 Å². The van der Waals surface area contributed by atoms with Gasteiger partial charge in [-0.25, -0.2) is 0 Å². The van der Waals surface area contributed by atoms with Crippen molar-refractivity contribution < 1.29 is 14.6 Å². The third kappa shape index (κ3) is 1.30. The molecule has 0 radical (unpaired) electrons. The highest BCUT2D eigenvalue weighted by Crippen LogP contribution is 2.25. The summed E-state index contributed by atoms with van der Waals surface area (Å²) in [7, 11) is 0. The van der Waals surface area contributed by atoms with Crippen LogP contribution in [0.5, 0.6) is 0 Å². The van der Waals surface area contributed by atoms with E-state index in [0.717, 1.165) is 0 Å². The molecule has 1 aliphatic heterocycles. The van der Waals surface area contributed by atoms with E-state index in [2.05, 4.69) is 6.58 Å². The fourth-order valence-electron chi connectivity index (χ4n) is 0.786. The van der Waals surface area contributed by atoms with Crippen molar-refractivity contribution in [3.63, 3.8) is 0 Å². The molecule has 1 aliphatic rings. The number of aliphatic hydroxyl groups is 1. The number of hydrogen-bond donors (Lipinski definition) is 1. The first-order valence-electron chi connectivity index (χ1n) is 3.20. The predicted molar refractivity (Wildman–Crippen MR) is 36.3 cm³/mol. The van der Waals surface area contributed by atoms with Gasteiger partial charge in [-0.1, -0.05) is 6.58 Å². The van der Waals surface area contributed by atoms with Gasteiger partial charge in [-0.15, -0.1) is 0 Å². The van der Waals surface area contributed by atoms with Crippen LogP contribution >= 0.6 is 0 Å². The quantitative estimate of drug-likeness (QED) is 0.542. The summed E-state index contributed by atoms with van der Waals surface area (Å²) in [6.45, 7) is 7.43. The molecular weight excluding hydrogens is 132 g/mol. The lowest BCUT2D eigenvalue weighted by Gasteiger charge is -2.35. The van der Waals surface area contributed by atoms with Crippen LogP contribution in [0.2, 0.25) is 0 Å². The molecular formula is C7H12O3. The Morgan fingerprint density at radius 1 is 1.70 bits per heavy atom. The first-order valence-corrected chi connectivity index (χ1v) is 3.20. The SMILES string of the molecule is C=C1OCC(O)OC1(C)C. The Hall–Kier alpha value is -0.540. The van der Waals surface area contributed by atoms with Crippen LogP contribution in [0, 0.1) is 0 Å². The van der Waals surface area contributed by atoms with Gasteiger partial charge in [0.15, 0.2) is 6.29 Å². The minimum absolute atomic E-state index is 0.183. The summed E-state index contributed by atoms with van der Waals surface area (Å²) in [5.41, 5.74) is -0.558. The first-order chi connectivity index (χ1) is 4.52. The van der Waals surface area contributed by atoms with E-state index in [1.54, 1.807) is 13.8 Å². The maximum absolute atomic E-state index is 8.97. The van der Waals surface area contributed by atoms with Crippen LogP contribution in [0.1, 0.15) is 13.8 Å². The first kappa shape index (κ1) is 7.57. The highest BCUT2D eigenvalue weighted by atomic mass is 16.7. The topological polar surface area (TPSA) is 38.7 Å². The Bertz CT molecular complexity index is 151. The lowest BCUT2D eigenvalue weighted by molar-refractivity contribution is -0.225. The van der Waals surface area contributed by atoms with Crippen molar-refractivity contribution in [3.05, 3.63) is 12.3 Å². The summed E-state index contributed by atoms with van der Waals surface area (Å²) < 4.78 is 10.2. The van der Waals surface area contributed by atoms with E-state index < -0.39 is 11.9 Å². The summed E-state index contributed by atoms with van der Waals surface area (Å²) in [5, 5.41) is 8.97. The Labute approximate surface area is 60.3 Å². The summed E-state index contributed by atoms with van der Waals surface area (Å²) in [6.07, 6.45) is -0.819. The zero-order valence-electron chi connectivity index (χ0n) is 6.26. The molecule has 3 nitrogen and oxygen atoms in total. The molecule has 0 amide bonds. The molecule has 0 spiro atoms. The number of ether oxygens (including phenoxy) is 2. The Morgan fingerprint density at radius 2 is 2.30 bits per heavy atom. The van der Waals surface area contributed by atoms with Crippen molar-refractivity contribution in [1.29, 1.82) is 0 Å². The molecule has 1 atom stereocenters. The van der Waals surface area contributed by atoms with Gasteiger partial charge in [0.25, 0.3) is 0 Å². The molecule has 10 heavy (non-hydrogen) atoms. The molecule has 0 aliphatic carbocycles. The molecule has 1 fully saturated rings. The largest absolute Gasteiger partial charge is 0.490 e. The molecule has 0 aromatic heterocycles. The van der Waals surface area contributed by atoms with Crippen molar-refractivity contribution in [2.45, 2.75) is 25.7 Å². The van der Waals surface area contributed by atoms with Gasteiger partial charge in [-0.2, -0.15) is 0 Å². The van der Waals surface area contributed by atoms with Gasteiger partial charge in [-0.05, 0) is 13.8 Å². The monoisotopic (exact) mass is 144 g/mol. The Balaban J connectivity index is 2.63. The zero-order valence-corrected chi connectivity index (χ0v) is 6.26. The lowest BCUT2D eigenvalue weighted by atomic mass is 10.1. The summed E-state index contributed by atoms with van der Waals surface area (Å²) in [5.74, 6) is 0.567. The van der Waals surface area contributed by atoms with E-state index in [1.165, 1.54) is 0 Å². The second-order valence-electron chi connectivity index (χ2n) is 2.82. The smallest absolute Gasteiger partial charge is 0.190 e. The molecule has 1 saturated heterocycles. The van der Waals surface area contributed by atoms with E-state index in [9.17, 15) is 0 Å². The summed E-state index contributed by atoms with van der Waals surface area (Å²) >= 11 is 0. The molecule has 3 heteroatoms. The van der Waals surface area contributed by atoms with Crippen LogP contribution in [0.4, 0.5) is 0 Å². The van der Waals surface area contributed by atoms with Gasteiger partial charge in [0.2, 0.25) is 0 Å². The summed E-state index contributed by atoms with van der Waals surface area (Å²) in [4.78, 5) is 0. The standard InChI is InChI=1S/C7H12O3/c1-5-7(2,3)10-6(8)4-9-5/h6,8H,1,4H2,2-3H3. The highest BCUT2D eigenvalue weighted by Gasteiger charge is 2.32. The normalized spacial score (nSPS) is 31.5. The van der Waals surface area contributed by atoms with Gasteiger partial charge in [0.1, 0.15) is 18.0 Å². The third-order valence-corrected chi connectivity index (χ3v) is 1.50. The minimum Gasteiger partial charge on any atom is -0.490 e. The molecule has 0 bridgehead atoms. The number of hydrogen-bond acceptors (Lipinski definition) is 3. The number of rotatable bonds is 0. The van der Waals surface area contributed by atoms with Gasteiger partial charge in [-0.3, -0.25) is 0 Å². The van der Waals surface area contributed by atoms with Crippen molar-refractivity contribution in [3.8, 4) is 0 Å². The van der Waals surface area contributed by atoms with Gasteiger partial charge < -0.3 is 14.6 Å². The molecule has 1 N–H and O–H groups in total. The van der Waals surface area contributed by atoms with E-state index in [4.69, 9.17) is 14.6 Å². The molecule has 1 rings (SSSR count). The van der Waals surface area contributed by atoms with Crippen molar-refractivity contribution in [2.75, 3.05) is 6.61 Å². The fraction of sp³-hybridized carbons (Fsp3) is 0.714. The van der Waals surface area contributed by atoms with Crippen molar-refractivity contribution in [1.82, 2.24) is 0 Å². The second-order valence-corrected chi connectivity index (χ2v) is 2.82. The maximum Gasteiger partial charge on any atom is 0.190 e. The van der Waals surface area contributed by atoms with Crippen LogP contribution in [-0.2, 0) is 9.47 Å². The average Bonchev–Trinajstić information content (AvgIpc) is 1.78. The lowest BCUT2D eigenvalue weighted by Crippen LogP contribution is -2.40. The van der Waals surface area contributed by atoms with Crippen LogP contribution < -0.4 is 0 Å². The molecule has 58 valence electrons. The summed E-state index contributed by atoms with van der Waals surface area (Å²) in [6, 6.07) is 0. The van der Waals surface area contributed by atoms with Crippen LogP contribution in [0.15, 0.2) is 12.3 Å². The Kier molecular flexibility index (Phi) is 1.70. The molecule has 0 saturated carbocycles. The predicted octanol–water partition coefficient (Wildman–Crippen LogP) is 0.644. The molecule has 1 unspecified atom stereocenters. The molecule has 1 heterocycles. The van der Waals surface area contributed by atoms with Crippen LogP contribution in [-0.4, -0.2) is 23.6 Å². The molecule has 0 aromatic rings. The average molecular weight is 144 g/mol. The fourth-order valence-corrected chi connectivity index (χ4v) is 0.786. The van der Waals surface area contributed by atoms with Crippen molar-refractivity contribution >= 4 is 0 Å². The number of aliphatic hydroxyl groups excluding tert-OH is 1. The highest BCUT2D eigenvalue weighted by molar-refractivity contribution is 5.03. The van der Waals surface area contributed by atoms with Crippen LogP contribution in [0.3, 0.4) is 0 Å². The molecule has 0 aromatic carbocycles. The van der Waals surface area contributed by atoms with E-state index in [1.807, 2.05) is 0 Å². The maximum atomic E-state index is 8.97. The van der Waals surface area contributed by atoms with Crippen molar-refractivity contribution in [2.24, 2.45) is 0 Å². The van der Waals surface area contributed by atoms with Gasteiger partial charge in [0.05, 0.1) is 0 Å². The van der Waals surface area contributed by atoms with E-state index in [-0.39, 0.29) is 6.61 Å². The van der Waals surface area contributed by atoms with E-state index in [0.29, 0.717) is 5.76 Å². The third-order valence-electron chi connectivity index (χ3n) is 1.50. The van der Waals surface area contributed by atoms with Gasteiger partial charge in [0, 0.05) is 0 Å². The Morgan fingerprint density at radius 3 is 2.70 bits per heavy atom. The second kappa shape index (κ2) is 2.25. The minimum atomic E-state index is -0.819. The van der Waals surface area contributed by atoms with E-state index >= 15 is 0 Å².